The van der Waals surface area contributed by atoms with Gasteiger partial charge in [0, 0.05) is 0 Å². The van der Waals surface area contributed by atoms with E-state index in [-0.39, 0.29) is 0 Å². The van der Waals surface area contributed by atoms with E-state index in [1.165, 1.54) is 7.85 Å². The molecular formula is C5H8I-. The summed E-state index contributed by atoms with van der Waals surface area (Å²) >= 11 is 0.777. The van der Waals surface area contributed by atoms with Crippen molar-refractivity contribution < 1.29 is 21.2 Å². The molecule has 6 heavy (non-hydrogen) atoms. The minimum atomic E-state index is 0.777. The van der Waals surface area contributed by atoms with Crippen molar-refractivity contribution in [1.82, 2.24) is 0 Å². The molecule has 0 aromatic carbocycles. The van der Waals surface area contributed by atoms with Crippen molar-refractivity contribution in [3.05, 3.63) is 0 Å². The van der Waals surface area contributed by atoms with Crippen LogP contribution >= 0.6 is 0 Å². The van der Waals surface area contributed by atoms with E-state index >= 15 is 0 Å². The zero-order valence-corrected chi connectivity index (χ0v) is 5.81. The van der Waals surface area contributed by atoms with Crippen LogP contribution < -0.4 is 21.2 Å². The Hall–Kier alpha value is 0.730. The molecule has 2 aliphatic heterocycles. The summed E-state index contributed by atoms with van der Waals surface area (Å²) in [7, 11) is 0. The SMILES string of the molecule is C1CC2CC1[I-]2. The summed E-state index contributed by atoms with van der Waals surface area (Å²) in [4.78, 5) is 0. The van der Waals surface area contributed by atoms with Crippen LogP contribution in [0.2, 0.25) is 0 Å². The van der Waals surface area contributed by atoms with Crippen molar-refractivity contribution in [2.45, 2.75) is 27.1 Å². The third kappa shape index (κ3) is 0.349. The van der Waals surface area contributed by atoms with Crippen LogP contribution in [0.1, 0.15) is 19.3 Å². The summed E-state index contributed by atoms with van der Waals surface area (Å²) in [6, 6.07) is 0. The molecule has 0 amide bonds. The Bertz CT molecular complexity index is 50.8. The fraction of sp³-hybridized carbons (Fsp3) is 1.00. The number of halogens is 1. The van der Waals surface area contributed by atoms with Crippen molar-refractivity contribution in [3.63, 3.8) is 0 Å². The Kier molecular flexibility index (Phi) is 0.686. The molecule has 0 N–H and O–H groups in total. The quantitative estimate of drug-likeness (QED) is 0.310. The first-order chi connectivity index (χ1) is 2.95. The van der Waals surface area contributed by atoms with Crippen LogP contribution in [0, 0.1) is 0 Å². The molecule has 2 bridgehead atoms. The number of hydrogen-bond acceptors (Lipinski definition) is 0. The zero-order chi connectivity index (χ0) is 3.98. The second-order valence-corrected chi connectivity index (χ2v) is 6.38. The Balaban J connectivity index is 2.16. The van der Waals surface area contributed by atoms with Gasteiger partial charge in [0.15, 0.2) is 0 Å². The number of fused-ring (bicyclic) bond motifs is 1. The van der Waals surface area contributed by atoms with Gasteiger partial charge in [0.05, 0.1) is 0 Å². The maximum atomic E-state index is 1.63. The predicted molar refractivity (Wildman–Crippen MR) is 21.4 cm³/mol. The molecule has 0 radical (unpaired) electrons. The molecule has 2 saturated heterocycles. The molecule has 36 valence electrons. The molecule has 2 unspecified atom stereocenters. The first-order valence-electron chi connectivity index (χ1n) is 2.57. The van der Waals surface area contributed by atoms with E-state index in [1.54, 1.807) is 19.3 Å². The van der Waals surface area contributed by atoms with Crippen LogP contribution in [-0.4, -0.2) is 7.85 Å². The Morgan fingerprint density at radius 1 is 1.17 bits per heavy atom. The van der Waals surface area contributed by atoms with Gasteiger partial charge in [0.25, 0.3) is 0 Å². The summed E-state index contributed by atoms with van der Waals surface area (Å²) in [6.45, 7) is 0. The van der Waals surface area contributed by atoms with Crippen molar-refractivity contribution in [2.24, 2.45) is 0 Å². The zero-order valence-electron chi connectivity index (χ0n) is 3.65. The van der Waals surface area contributed by atoms with E-state index in [9.17, 15) is 0 Å². The topological polar surface area (TPSA) is 0 Å². The van der Waals surface area contributed by atoms with Crippen LogP contribution in [0.5, 0.6) is 0 Å². The predicted octanol–water partition coefficient (Wildman–Crippen LogP) is -1.99. The van der Waals surface area contributed by atoms with Crippen LogP contribution in [0.25, 0.3) is 0 Å². The Morgan fingerprint density at radius 2 is 1.67 bits per heavy atom. The van der Waals surface area contributed by atoms with Crippen molar-refractivity contribution in [3.8, 4) is 0 Å². The average molecular weight is 195 g/mol. The standard InChI is InChI=1S/C5H8I/c1-2-5-3-4(1)6-5/h4-5H,1-3H2/q-1. The summed E-state index contributed by atoms with van der Waals surface area (Å²) in [6.07, 6.45) is 4.85. The van der Waals surface area contributed by atoms with Crippen LogP contribution in [0.4, 0.5) is 0 Å². The Morgan fingerprint density at radius 3 is 1.83 bits per heavy atom. The summed E-state index contributed by atoms with van der Waals surface area (Å²) < 4.78 is 2.60. The van der Waals surface area contributed by atoms with E-state index in [2.05, 4.69) is 0 Å². The second-order valence-electron chi connectivity index (χ2n) is 2.13. The van der Waals surface area contributed by atoms with Gasteiger partial charge in [-0.15, -0.1) is 0 Å². The second kappa shape index (κ2) is 1.11. The van der Waals surface area contributed by atoms with Crippen LogP contribution in [0.15, 0.2) is 0 Å². The van der Waals surface area contributed by atoms with E-state index < -0.39 is 0 Å². The van der Waals surface area contributed by atoms with E-state index in [0.717, 1.165) is 21.2 Å². The molecule has 2 heterocycles. The molecule has 3 fully saturated rings. The van der Waals surface area contributed by atoms with Gasteiger partial charge in [0.2, 0.25) is 0 Å². The van der Waals surface area contributed by atoms with Gasteiger partial charge in [-0.3, -0.25) is 0 Å². The minimum absolute atomic E-state index is 0.777. The van der Waals surface area contributed by atoms with E-state index in [4.69, 9.17) is 0 Å². The molecule has 3 rings (SSSR count). The van der Waals surface area contributed by atoms with Gasteiger partial charge >= 0.3 is 48.3 Å². The van der Waals surface area contributed by atoms with Gasteiger partial charge in [-0.25, -0.2) is 0 Å². The van der Waals surface area contributed by atoms with Crippen molar-refractivity contribution >= 4 is 0 Å². The summed E-state index contributed by atoms with van der Waals surface area (Å²) in [5.74, 6) is 0. The summed E-state index contributed by atoms with van der Waals surface area (Å²) in [5, 5.41) is 0. The van der Waals surface area contributed by atoms with E-state index in [1.807, 2.05) is 0 Å². The first kappa shape index (κ1) is 3.70. The third-order valence-electron chi connectivity index (χ3n) is 1.66. The van der Waals surface area contributed by atoms with Crippen molar-refractivity contribution in [2.75, 3.05) is 0 Å². The van der Waals surface area contributed by atoms with Gasteiger partial charge < -0.3 is 0 Å². The molecule has 0 nitrogen and oxygen atoms in total. The molecular weight excluding hydrogens is 187 g/mol. The molecule has 0 aromatic rings. The van der Waals surface area contributed by atoms with Crippen LogP contribution in [0.3, 0.4) is 0 Å². The third-order valence-corrected chi connectivity index (χ3v) is 5.96. The number of rotatable bonds is 0. The molecule has 3 aliphatic rings. The number of alkyl halides is 2. The molecule has 0 aromatic heterocycles. The normalized spacial score (nSPS) is 53.3. The van der Waals surface area contributed by atoms with Gasteiger partial charge in [-0.05, 0) is 0 Å². The van der Waals surface area contributed by atoms with Gasteiger partial charge in [-0.2, -0.15) is 0 Å². The number of hydrogen-bond donors (Lipinski definition) is 0. The monoisotopic (exact) mass is 195 g/mol. The van der Waals surface area contributed by atoms with E-state index in [0.29, 0.717) is 0 Å². The Labute approximate surface area is 48.6 Å². The maximum absolute atomic E-state index is 1.63. The molecule has 2 atom stereocenters. The fourth-order valence-corrected chi connectivity index (χ4v) is 4.99. The fourth-order valence-electron chi connectivity index (χ4n) is 1.25. The first-order valence-corrected chi connectivity index (χ1v) is 5.06. The summed E-state index contributed by atoms with van der Waals surface area (Å²) in [5.41, 5.74) is 0. The van der Waals surface area contributed by atoms with Gasteiger partial charge in [0.1, 0.15) is 0 Å². The molecule has 0 spiro atoms. The van der Waals surface area contributed by atoms with Gasteiger partial charge in [-0.1, -0.05) is 0 Å². The van der Waals surface area contributed by atoms with Crippen molar-refractivity contribution in [1.29, 1.82) is 0 Å². The molecule has 1 heteroatoms. The van der Waals surface area contributed by atoms with Crippen LogP contribution in [-0.2, 0) is 0 Å². The molecule has 1 saturated carbocycles. The average Bonchev–Trinajstić information content (AvgIpc) is 1.72. The molecule has 1 aliphatic carbocycles.